The van der Waals surface area contributed by atoms with Gasteiger partial charge in [-0.1, -0.05) is 28.1 Å². The average Bonchev–Trinajstić information content (AvgIpc) is 3.25. The summed E-state index contributed by atoms with van der Waals surface area (Å²) in [5.41, 5.74) is 8.14. The van der Waals surface area contributed by atoms with Crippen LogP contribution in [-0.2, 0) is 4.79 Å². The molecule has 7 nitrogen and oxygen atoms in total. The quantitative estimate of drug-likeness (QED) is 0.654. The Hall–Kier alpha value is -2.29. The van der Waals surface area contributed by atoms with Crippen LogP contribution in [0.1, 0.15) is 41.2 Å². The van der Waals surface area contributed by atoms with Crippen molar-refractivity contribution in [3.63, 3.8) is 0 Å². The molecule has 2 aliphatic rings. The summed E-state index contributed by atoms with van der Waals surface area (Å²) in [5, 5.41) is 3.14. The van der Waals surface area contributed by atoms with Crippen LogP contribution in [0.3, 0.4) is 0 Å². The van der Waals surface area contributed by atoms with E-state index in [1.165, 1.54) is 0 Å². The summed E-state index contributed by atoms with van der Waals surface area (Å²) in [6.07, 6.45) is 5.49. The van der Waals surface area contributed by atoms with E-state index >= 15 is 0 Å². The molecule has 3 N–H and O–H groups in total. The molecule has 2 atom stereocenters. The molecule has 3 heterocycles. The second-order valence-electron chi connectivity index (χ2n) is 7.49. The number of benzene rings is 1. The minimum Gasteiger partial charge on any atom is -0.352 e. The van der Waals surface area contributed by atoms with E-state index < -0.39 is 0 Å². The molecule has 0 radical (unpaired) electrons. The van der Waals surface area contributed by atoms with E-state index in [1.807, 2.05) is 17.0 Å². The van der Waals surface area contributed by atoms with Gasteiger partial charge < -0.3 is 10.2 Å². The van der Waals surface area contributed by atoms with Gasteiger partial charge in [0.25, 0.3) is 5.91 Å². The Bertz CT molecular complexity index is 853. The second kappa shape index (κ2) is 9.02. The molecule has 2 amide bonds. The van der Waals surface area contributed by atoms with Crippen molar-refractivity contribution in [3.8, 4) is 0 Å². The van der Waals surface area contributed by atoms with Crippen LogP contribution < -0.4 is 16.2 Å². The number of carbonyl (C=O) groups is 2. The Labute approximate surface area is 178 Å². The summed E-state index contributed by atoms with van der Waals surface area (Å²) >= 11 is 3.44. The Morgan fingerprint density at radius 3 is 2.41 bits per heavy atom. The van der Waals surface area contributed by atoms with Gasteiger partial charge in [0.05, 0.1) is 0 Å². The fourth-order valence-corrected chi connectivity index (χ4v) is 4.11. The van der Waals surface area contributed by atoms with Crippen molar-refractivity contribution in [2.75, 3.05) is 13.1 Å². The van der Waals surface area contributed by atoms with E-state index in [9.17, 15) is 9.59 Å². The third-order valence-electron chi connectivity index (χ3n) is 5.55. The summed E-state index contributed by atoms with van der Waals surface area (Å²) in [4.78, 5) is 31.0. The van der Waals surface area contributed by atoms with Gasteiger partial charge in [-0.25, -0.2) is 10.9 Å². The van der Waals surface area contributed by atoms with E-state index in [0.29, 0.717) is 25.1 Å². The lowest BCUT2D eigenvalue weighted by molar-refractivity contribution is -0.123. The lowest BCUT2D eigenvalue weighted by Gasteiger charge is -2.33. The lowest BCUT2D eigenvalue weighted by atomic mass is 10.0. The van der Waals surface area contributed by atoms with Crippen LogP contribution in [0.4, 0.5) is 0 Å². The highest BCUT2D eigenvalue weighted by Crippen LogP contribution is 2.24. The fourth-order valence-electron chi connectivity index (χ4n) is 3.85. The van der Waals surface area contributed by atoms with E-state index in [2.05, 4.69) is 49.2 Å². The molecule has 152 valence electrons. The van der Waals surface area contributed by atoms with E-state index in [4.69, 9.17) is 0 Å². The van der Waals surface area contributed by atoms with Crippen molar-refractivity contribution in [1.29, 1.82) is 0 Å². The number of nitrogens with one attached hydrogen (secondary N) is 3. The molecule has 4 rings (SSSR count). The molecule has 1 aromatic carbocycles. The Morgan fingerprint density at radius 2 is 1.72 bits per heavy atom. The SMILES string of the molecule is O=C(NC1CCN(C(=O)c2ccncc2)CC1)C1CC(c2ccc(Br)cc2)NN1. The van der Waals surface area contributed by atoms with Gasteiger partial charge in [-0.3, -0.25) is 14.6 Å². The lowest BCUT2D eigenvalue weighted by Crippen LogP contribution is -2.51. The number of hydrogen-bond acceptors (Lipinski definition) is 5. The van der Waals surface area contributed by atoms with Gasteiger partial charge in [0.15, 0.2) is 0 Å². The molecule has 2 saturated heterocycles. The predicted octanol–water partition coefficient (Wildman–Crippen LogP) is 2.17. The van der Waals surface area contributed by atoms with Gasteiger partial charge in [0, 0.05) is 47.6 Å². The maximum Gasteiger partial charge on any atom is 0.253 e. The number of hydrazine groups is 1. The van der Waals surface area contributed by atoms with Crippen LogP contribution in [0.5, 0.6) is 0 Å². The van der Waals surface area contributed by atoms with E-state index in [-0.39, 0.29) is 29.9 Å². The topological polar surface area (TPSA) is 86.4 Å². The van der Waals surface area contributed by atoms with Crippen LogP contribution >= 0.6 is 15.9 Å². The summed E-state index contributed by atoms with van der Waals surface area (Å²) < 4.78 is 1.04. The highest BCUT2D eigenvalue weighted by Gasteiger charge is 2.32. The number of amides is 2. The monoisotopic (exact) mass is 457 g/mol. The van der Waals surface area contributed by atoms with Gasteiger partial charge in [-0.15, -0.1) is 0 Å². The molecule has 2 fully saturated rings. The number of aromatic nitrogens is 1. The van der Waals surface area contributed by atoms with Crippen molar-refractivity contribution in [2.24, 2.45) is 0 Å². The first kappa shape index (κ1) is 20.0. The number of carbonyl (C=O) groups excluding carboxylic acids is 2. The largest absolute Gasteiger partial charge is 0.352 e. The Kier molecular flexibility index (Phi) is 6.22. The minimum atomic E-state index is -0.264. The highest BCUT2D eigenvalue weighted by molar-refractivity contribution is 9.10. The fraction of sp³-hybridized carbons (Fsp3) is 0.381. The third-order valence-corrected chi connectivity index (χ3v) is 6.08. The first-order chi connectivity index (χ1) is 14.1. The predicted molar refractivity (Wildman–Crippen MR) is 113 cm³/mol. The van der Waals surface area contributed by atoms with Gasteiger partial charge in [-0.2, -0.15) is 0 Å². The van der Waals surface area contributed by atoms with Crippen molar-refractivity contribution in [3.05, 3.63) is 64.4 Å². The molecule has 0 spiro atoms. The highest BCUT2D eigenvalue weighted by atomic mass is 79.9. The molecule has 2 unspecified atom stereocenters. The van der Waals surface area contributed by atoms with Gasteiger partial charge in [-0.05, 0) is 49.1 Å². The zero-order valence-corrected chi connectivity index (χ0v) is 17.6. The number of nitrogens with zero attached hydrogens (tertiary/aromatic N) is 2. The summed E-state index contributed by atoms with van der Waals surface area (Å²) in [6, 6.07) is 11.5. The first-order valence-electron chi connectivity index (χ1n) is 9.86. The molecule has 29 heavy (non-hydrogen) atoms. The molecule has 0 saturated carbocycles. The van der Waals surface area contributed by atoms with Crippen LogP contribution in [0.25, 0.3) is 0 Å². The molecule has 0 aliphatic carbocycles. The molecule has 1 aromatic heterocycles. The molecular weight excluding hydrogens is 434 g/mol. The number of likely N-dealkylation sites (tertiary alicyclic amines) is 1. The van der Waals surface area contributed by atoms with Crippen LogP contribution in [0.2, 0.25) is 0 Å². The Morgan fingerprint density at radius 1 is 1.03 bits per heavy atom. The number of piperidine rings is 1. The van der Waals surface area contributed by atoms with Crippen molar-refractivity contribution >= 4 is 27.7 Å². The standard InChI is InChI=1S/C21H24BrN5O2/c22-16-3-1-14(2-4-16)18-13-19(26-25-18)20(28)24-17-7-11-27(12-8-17)21(29)15-5-9-23-10-6-15/h1-6,9-10,17-19,25-26H,7-8,11-13H2,(H,24,28). The van der Waals surface area contributed by atoms with Crippen LogP contribution in [-0.4, -0.2) is 46.9 Å². The molecular formula is C21H24BrN5O2. The van der Waals surface area contributed by atoms with Crippen molar-refractivity contribution in [1.82, 2.24) is 26.1 Å². The van der Waals surface area contributed by atoms with Crippen LogP contribution in [0.15, 0.2) is 53.3 Å². The number of halogens is 1. The maximum atomic E-state index is 12.7. The number of pyridine rings is 1. The zero-order chi connectivity index (χ0) is 20.2. The maximum absolute atomic E-state index is 12.7. The Balaban J connectivity index is 1.25. The summed E-state index contributed by atoms with van der Waals surface area (Å²) in [5.74, 6) is 0.0344. The molecule has 8 heteroatoms. The normalized spacial score (nSPS) is 22.4. The third kappa shape index (κ3) is 4.83. The summed E-state index contributed by atoms with van der Waals surface area (Å²) in [6.45, 7) is 1.29. The number of rotatable bonds is 4. The smallest absolute Gasteiger partial charge is 0.253 e. The van der Waals surface area contributed by atoms with Gasteiger partial charge in [0.1, 0.15) is 6.04 Å². The first-order valence-corrected chi connectivity index (χ1v) is 10.7. The summed E-state index contributed by atoms with van der Waals surface area (Å²) in [7, 11) is 0. The average molecular weight is 458 g/mol. The second-order valence-corrected chi connectivity index (χ2v) is 8.41. The zero-order valence-electron chi connectivity index (χ0n) is 16.0. The van der Waals surface area contributed by atoms with Gasteiger partial charge >= 0.3 is 0 Å². The van der Waals surface area contributed by atoms with E-state index in [1.54, 1.807) is 24.5 Å². The number of hydrogen-bond donors (Lipinski definition) is 3. The molecule has 2 aromatic rings. The van der Waals surface area contributed by atoms with Crippen molar-refractivity contribution in [2.45, 2.75) is 37.4 Å². The van der Waals surface area contributed by atoms with E-state index in [0.717, 1.165) is 22.9 Å². The molecule has 2 aliphatic heterocycles. The van der Waals surface area contributed by atoms with Gasteiger partial charge in [0.2, 0.25) is 5.91 Å². The van der Waals surface area contributed by atoms with Crippen LogP contribution in [0, 0.1) is 0 Å². The molecule has 0 bridgehead atoms. The van der Waals surface area contributed by atoms with Crippen molar-refractivity contribution < 1.29 is 9.59 Å². The minimum absolute atomic E-state index is 0.0102.